The Morgan fingerprint density at radius 2 is 0.689 bits per heavy atom. The second-order valence-corrected chi connectivity index (χ2v) is 28.6. The lowest BCUT2D eigenvalue weighted by Gasteiger charge is -2.47. The summed E-state index contributed by atoms with van der Waals surface area (Å²) in [6.45, 7) is 19.3. The molecule has 0 N–H and O–H groups in total. The summed E-state index contributed by atoms with van der Waals surface area (Å²) in [6.07, 6.45) is 4.50. The van der Waals surface area contributed by atoms with E-state index in [-0.39, 0.29) is 35.1 Å². The normalized spacial score (nSPS) is 16.7. The lowest BCUT2D eigenvalue weighted by atomic mass is 9.31. The van der Waals surface area contributed by atoms with Gasteiger partial charge in [-0.2, -0.15) is 0 Å². The molecule has 8 heteroatoms. The van der Waals surface area contributed by atoms with Gasteiger partial charge in [0.25, 0.3) is 13.4 Å². The first kappa shape index (κ1) is 54.5. The zero-order valence-electron chi connectivity index (χ0n) is 52.7. The van der Waals surface area contributed by atoms with Gasteiger partial charge in [0.1, 0.15) is 23.0 Å². The highest BCUT2D eigenvalue weighted by molar-refractivity contribution is 7.02. The van der Waals surface area contributed by atoms with E-state index in [1.165, 1.54) is 50.0 Å². The van der Waals surface area contributed by atoms with E-state index in [1.807, 2.05) is 0 Å². The first-order chi connectivity index (χ1) is 43.6. The summed E-state index contributed by atoms with van der Waals surface area (Å²) in [6, 6.07) is 89.8. The topological polar surface area (TPSA) is 31.4 Å². The summed E-state index contributed by atoms with van der Waals surface area (Å²) >= 11 is 0. The van der Waals surface area contributed by atoms with Crippen LogP contribution in [0.3, 0.4) is 0 Å². The smallest absolute Gasteiger partial charge is 0.256 e. The standard InChI is InChI=1S/C82H72B2N4O2/c1-79(2)40-41-80(3,4)62-44-58(38-39-61(62)79)88-70-50-64-63(81(5,6)42-43-82(64,7)8)49-66(70)84-68-51-67-73(52-74(68)90-76-48-60(46-72(88)78(76)84)86(55-30-18-11-19-31-55)56-32-20-12-21-33-56)89-75-47-59(85(53-26-14-9-15-27-53)54-28-16-10-17-29-54)45-71-77(75)83(67)65-36-24-25-37-69(65)87(71)57-34-22-13-23-35-57/h9-39,44-52H,40-43H2,1-8H3. The number of nitrogens with zero attached hydrogens (tertiary/aromatic N) is 4. The minimum Gasteiger partial charge on any atom is -0.458 e. The largest absolute Gasteiger partial charge is 0.458 e. The maximum Gasteiger partial charge on any atom is 0.256 e. The van der Waals surface area contributed by atoms with Crippen LogP contribution in [0.2, 0.25) is 0 Å². The van der Waals surface area contributed by atoms with Crippen LogP contribution < -0.4 is 61.9 Å². The molecule has 0 spiro atoms. The Kier molecular flexibility index (Phi) is 12.1. The molecule has 0 atom stereocenters. The average molecular weight is 1170 g/mol. The van der Waals surface area contributed by atoms with Crippen LogP contribution in [0.4, 0.5) is 68.2 Å². The molecule has 11 aromatic rings. The fourth-order valence-corrected chi connectivity index (χ4v) is 16.3. The van der Waals surface area contributed by atoms with Gasteiger partial charge in [0, 0.05) is 75.1 Å². The zero-order chi connectivity index (χ0) is 61.0. The van der Waals surface area contributed by atoms with E-state index >= 15 is 0 Å². The maximum atomic E-state index is 7.76. The van der Waals surface area contributed by atoms with Gasteiger partial charge in [0.15, 0.2) is 0 Å². The molecule has 11 aromatic carbocycles. The fraction of sp³-hybridized carbons (Fsp3) is 0.195. The van der Waals surface area contributed by atoms with E-state index in [0.717, 1.165) is 122 Å². The van der Waals surface area contributed by atoms with Gasteiger partial charge in [0.2, 0.25) is 0 Å². The van der Waals surface area contributed by atoms with Crippen LogP contribution in [-0.2, 0) is 21.7 Å². The first-order valence-electron chi connectivity index (χ1n) is 32.4. The Balaban J connectivity index is 0.940. The van der Waals surface area contributed by atoms with Crippen molar-refractivity contribution in [3.63, 3.8) is 0 Å². The van der Waals surface area contributed by atoms with E-state index in [2.05, 4.69) is 318 Å². The molecule has 0 aromatic heterocycles. The van der Waals surface area contributed by atoms with Crippen molar-refractivity contribution in [2.24, 2.45) is 0 Å². The molecule has 17 rings (SSSR count). The maximum absolute atomic E-state index is 7.76. The number of benzene rings is 11. The molecule has 4 heterocycles. The van der Waals surface area contributed by atoms with Gasteiger partial charge in [-0.25, -0.2) is 0 Å². The fourth-order valence-electron chi connectivity index (χ4n) is 16.3. The third-order valence-electron chi connectivity index (χ3n) is 21.2. The minimum atomic E-state index is -0.196. The number of fused-ring (bicyclic) bond motifs is 10. The predicted octanol–water partition coefficient (Wildman–Crippen LogP) is 18.1. The summed E-state index contributed by atoms with van der Waals surface area (Å²) < 4.78 is 15.4. The van der Waals surface area contributed by atoms with Crippen molar-refractivity contribution in [3.8, 4) is 23.0 Å². The molecule has 438 valence electrons. The van der Waals surface area contributed by atoms with Crippen molar-refractivity contribution in [2.75, 3.05) is 19.6 Å². The third-order valence-corrected chi connectivity index (χ3v) is 21.2. The number of para-hydroxylation sites is 6. The summed E-state index contributed by atoms with van der Waals surface area (Å²) in [4.78, 5) is 9.83. The molecule has 90 heavy (non-hydrogen) atoms. The number of ether oxygens (including phenoxy) is 2. The number of hydrogen-bond acceptors (Lipinski definition) is 6. The second-order valence-electron chi connectivity index (χ2n) is 28.6. The Labute approximate surface area is 531 Å². The Morgan fingerprint density at radius 1 is 0.289 bits per heavy atom. The molecule has 0 amide bonds. The van der Waals surface area contributed by atoms with Crippen molar-refractivity contribution in [3.05, 3.63) is 265 Å². The SMILES string of the molecule is CC1(C)CCC(C)(C)c2cc(N3c4cc5c(cc4B4c6cc7c(cc6Oc6cc(N(c8ccccc8)c8ccccc8)cc3c64)Oc3cc(N(c4ccccc4)c4ccccc4)cc4c3B7c3ccccc3N4c3ccccc3)C(C)(C)CCC5(C)C)ccc21. The molecule has 0 radical (unpaired) electrons. The zero-order valence-corrected chi connectivity index (χ0v) is 52.7. The van der Waals surface area contributed by atoms with Gasteiger partial charge in [-0.3, -0.25) is 0 Å². The van der Waals surface area contributed by atoms with E-state index in [9.17, 15) is 0 Å². The van der Waals surface area contributed by atoms with Crippen molar-refractivity contribution in [2.45, 2.75) is 103 Å². The van der Waals surface area contributed by atoms with Crippen LogP contribution in [0.25, 0.3) is 0 Å². The number of anilines is 12. The first-order valence-corrected chi connectivity index (χ1v) is 32.4. The van der Waals surface area contributed by atoms with Gasteiger partial charge in [-0.15, -0.1) is 0 Å². The van der Waals surface area contributed by atoms with Crippen molar-refractivity contribution >= 4 is 114 Å². The number of rotatable bonds is 8. The Bertz CT molecular complexity index is 4620. The molecule has 0 saturated carbocycles. The summed E-state index contributed by atoms with van der Waals surface area (Å²) in [5, 5.41) is 0. The quantitative estimate of drug-likeness (QED) is 0.141. The highest BCUT2D eigenvalue weighted by atomic mass is 16.5. The van der Waals surface area contributed by atoms with Crippen molar-refractivity contribution < 1.29 is 9.47 Å². The molecular formula is C82H72B2N4O2. The third kappa shape index (κ3) is 8.39. The Hall–Kier alpha value is -9.65. The lowest BCUT2D eigenvalue weighted by Crippen LogP contribution is -2.63. The van der Waals surface area contributed by atoms with E-state index in [4.69, 9.17) is 9.47 Å². The van der Waals surface area contributed by atoms with Gasteiger partial charge in [0.05, 0.1) is 11.4 Å². The van der Waals surface area contributed by atoms with E-state index in [1.54, 1.807) is 0 Å². The van der Waals surface area contributed by atoms with E-state index in [0.29, 0.717) is 0 Å². The molecule has 0 bridgehead atoms. The minimum absolute atomic E-state index is 0.00905. The highest BCUT2D eigenvalue weighted by Crippen LogP contribution is 2.54. The summed E-state index contributed by atoms with van der Waals surface area (Å²) in [5.41, 5.74) is 25.9. The molecule has 6 aliphatic rings. The number of hydrogen-bond donors (Lipinski definition) is 0. The van der Waals surface area contributed by atoms with Gasteiger partial charge in [-0.05, 0) is 199 Å². The van der Waals surface area contributed by atoms with Crippen LogP contribution >= 0.6 is 0 Å². The molecule has 6 nitrogen and oxygen atoms in total. The van der Waals surface area contributed by atoms with Crippen LogP contribution in [0, 0.1) is 0 Å². The summed E-state index contributed by atoms with van der Waals surface area (Å²) in [5.74, 6) is 3.26. The van der Waals surface area contributed by atoms with Gasteiger partial charge in [-0.1, -0.05) is 183 Å². The van der Waals surface area contributed by atoms with Crippen LogP contribution in [0.1, 0.15) is 103 Å². The second kappa shape index (κ2) is 19.9. The average Bonchev–Trinajstić information content (AvgIpc) is 0.697. The summed E-state index contributed by atoms with van der Waals surface area (Å²) in [7, 11) is 0. The molecule has 0 fully saturated rings. The monoisotopic (exact) mass is 1170 g/mol. The van der Waals surface area contributed by atoms with Crippen LogP contribution in [-0.4, -0.2) is 13.4 Å². The van der Waals surface area contributed by atoms with Gasteiger partial charge >= 0.3 is 0 Å². The molecule has 0 saturated heterocycles. The van der Waals surface area contributed by atoms with Crippen molar-refractivity contribution in [1.29, 1.82) is 0 Å². The molecule has 2 aliphatic carbocycles. The predicted molar refractivity (Wildman–Crippen MR) is 378 cm³/mol. The lowest BCUT2D eigenvalue weighted by molar-refractivity contribution is 0.332. The molecular weight excluding hydrogens is 1090 g/mol. The van der Waals surface area contributed by atoms with Crippen LogP contribution in [0.15, 0.2) is 243 Å². The van der Waals surface area contributed by atoms with Crippen molar-refractivity contribution in [1.82, 2.24) is 0 Å². The van der Waals surface area contributed by atoms with E-state index < -0.39 is 0 Å². The Morgan fingerprint density at radius 3 is 1.18 bits per heavy atom. The van der Waals surface area contributed by atoms with Gasteiger partial charge < -0.3 is 29.1 Å². The molecule has 0 unspecified atom stereocenters. The van der Waals surface area contributed by atoms with Crippen LogP contribution in [0.5, 0.6) is 23.0 Å². The highest BCUT2D eigenvalue weighted by Gasteiger charge is 2.50. The molecule has 4 aliphatic heterocycles.